The molecule has 0 aliphatic heterocycles. The minimum absolute atomic E-state index is 0.884. The van der Waals surface area contributed by atoms with Crippen LogP contribution < -0.4 is 10.1 Å². The van der Waals surface area contributed by atoms with Crippen molar-refractivity contribution >= 4 is 0 Å². The van der Waals surface area contributed by atoms with E-state index in [0.29, 0.717) is 0 Å². The van der Waals surface area contributed by atoms with Gasteiger partial charge in [0.15, 0.2) is 0 Å². The zero-order valence-electron chi connectivity index (χ0n) is 12.6. The van der Waals surface area contributed by atoms with Crippen molar-refractivity contribution < 1.29 is 4.74 Å². The van der Waals surface area contributed by atoms with Gasteiger partial charge in [-0.3, -0.25) is 0 Å². The number of methoxy groups -OCH3 is 1. The second-order valence-electron chi connectivity index (χ2n) is 4.72. The third-order valence-electron chi connectivity index (χ3n) is 3.48. The first-order chi connectivity index (χ1) is 9.31. The number of rotatable bonds is 10. The number of ether oxygens (including phenoxy) is 1. The smallest absolute Gasteiger partial charge is 0.123 e. The van der Waals surface area contributed by atoms with Gasteiger partial charge in [-0.15, -0.1) is 0 Å². The highest BCUT2D eigenvalue weighted by atomic mass is 16.5. The highest BCUT2D eigenvalue weighted by molar-refractivity contribution is 5.32. The molecule has 3 heteroatoms. The van der Waals surface area contributed by atoms with Crippen LogP contribution in [0.15, 0.2) is 24.3 Å². The SMILES string of the molecule is CCN(CC)CCCCNCc1ccccc1OC. The summed E-state index contributed by atoms with van der Waals surface area (Å²) in [7, 11) is 1.73. The molecule has 0 aliphatic carbocycles. The lowest BCUT2D eigenvalue weighted by Gasteiger charge is -2.17. The van der Waals surface area contributed by atoms with Crippen molar-refractivity contribution in [3.8, 4) is 5.75 Å². The van der Waals surface area contributed by atoms with Crippen LogP contribution in [-0.2, 0) is 6.54 Å². The summed E-state index contributed by atoms with van der Waals surface area (Å²) in [5, 5.41) is 3.49. The summed E-state index contributed by atoms with van der Waals surface area (Å²) in [5.41, 5.74) is 1.23. The Morgan fingerprint density at radius 2 is 1.84 bits per heavy atom. The summed E-state index contributed by atoms with van der Waals surface area (Å²) in [6.07, 6.45) is 2.49. The minimum atomic E-state index is 0.884. The second kappa shape index (κ2) is 9.82. The Kier molecular flexibility index (Phi) is 8.26. The van der Waals surface area contributed by atoms with E-state index in [4.69, 9.17) is 4.74 Å². The third kappa shape index (κ3) is 6.08. The molecule has 1 N–H and O–H groups in total. The molecular formula is C16H28N2O. The van der Waals surface area contributed by atoms with Crippen molar-refractivity contribution in [2.75, 3.05) is 33.3 Å². The molecule has 0 unspecified atom stereocenters. The maximum Gasteiger partial charge on any atom is 0.123 e. The molecule has 0 fully saturated rings. The Morgan fingerprint density at radius 1 is 1.11 bits per heavy atom. The summed E-state index contributed by atoms with van der Waals surface area (Å²) in [6, 6.07) is 8.19. The molecule has 108 valence electrons. The Labute approximate surface area is 118 Å². The summed E-state index contributed by atoms with van der Waals surface area (Å²) >= 11 is 0. The average molecular weight is 264 g/mol. The van der Waals surface area contributed by atoms with Crippen LogP contribution in [0.5, 0.6) is 5.75 Å². The fourth-order valence-electron chi connectivity index (χ4n) is 2.20. The van der Waals surface area contributed by atoms with E-state index in [1.54, 1.807) is 7.11 Å². The molecule has 0 spiro atoms. The van der Waals surface area contributed by atoms with Crippen LogP contribution >= 0.6 is 0 Å². The van der Waals surface area contributed by atoms with E-state index < -0.39 is 0 Å². The van der Waals surface area contributed by atoms with E-state index >= 15 is 0 Å². The van der Waals surface area contributed by atoms with Crippen LogP contribution in [0.2, 0.25) is 0 Å². The lowest BCUT2D eigenvalue weighted by atomic mass is 10.2. The van der Waals surface area contributed by atoms with E-state index in [1.165, 1.54) is 24.9 Å². The second-order valence-corrected chi connectivity index (χ2v) is 4.72. The van der Waals surface area contributed by atoms with Crippen LogP contribution in [0.3, 0.4) is 0 Å². The molecule has 0 amide bonds. The van der Waals surface area contributed by atoms with E-state index in [2.05, 4.69) is 36.2 Å². The molecule has 0 saturated heterocycles. The van der Waals surface area contributed by atoms with E-state index in [0.717, 1.165) is 31.9 Å². The monoisotopic (exact) mass is 264 g/mol. The molecule has 1 rings (SSSR count). The zero-order valence-corrected chi connectivity index (χ0v) is 12.6. The van der Waals surface area contributed by atoms with Gasteiger partial charge in [-0.05, 0) is 45.1 Å². The summed E-state index contributed by atoms with van der Waals surface area (Å²) in [5.74, 6) is 0.971. The van der Waals surface area contributed by atoms with Gasteiger partial charge in [0.1, 0.15) is 5.75 Å². The van der Waals surface area contributed by atoms with Crippen LogP contribution in [0, 0.1) is 0 Å². The van der Waals surface area contributed by atoms with Gasteiger partial charge >= 0.3 is 0 Å². The van der Waals surface area contributed by atoms with Crippen LogP contribution in [-0.4, -0.2) is 38.2 Å². The molecular weight excluding hydrogens is 236 g/mol. The van der Waals surface area contributed by atoms with Crippen molar-refractivity contribution in [3.05, 3.63) is 29.8 Å². The first kappa shape index (κ1) is 16.0. The lowest BCUT2D eigenvalue weighted by Crippen LogP contribution is -2.25. The van der Waals surface area contributed by atoms with E-state index in [1.807, 2.05) is 12.1 Å². The average Bonchev–Trinajstić information content (AvgIpc) is 2.47. The summed E-state index contributed by atoms with van der Waals surface area (Å²) < 4.78 is 5.34. The van der Waals surface area contributed by atoms with Gasteiger partial charge in [0, 0.05) is 12.1 Å². The van der Waals surface area contributed by atoms with Crippen molar-refractivity contribution in [3.63, 3.8) is 0 Å². The molecule has 3 nitrogen and oxygen atoms in total. The van der Waals surface area contributed by atoms with Crippen LogP contribution in [0.4, 0.5) is 0 Å². The Hall–Kier alpha value is -1.06. The number of hydrogen-bond donors (Lipinski definition) is 1. The molecule has 0 heterocycles. The predicted octanol–water partition coefficient (Wildman–Crippen LogP) is 2.91. The van der Waals surface area contributed by atoms with Gasteiger partial charge in [0.05, 0.1) is 7.11 Å². The van der Waals surface area contributed by atoms with Gasteiger partial charge in [-0.1, -0.05) is 32.0 Å². The van der Waals surface area contributed by atoms with Gasteiger partial charge in [-0.2, -0.15) is 0 Å². The molecule has 1 aromatic rings. The van der Waals surface area contributed by atoms with E-state index in [9.17, 15) is 0 Å². The Balaban J connectivity index is 2.14. The molecule has 0 aromatic heterocycles. The fraction of sp³-hybridized carbons (Fsp3) is 0.625. The number of nitrogens with one attached hydrogen (secondary N) is 1. The van der Waals surface area contributed by atoms with Crippen LogP contribution in [0.25, 0.3) is 0 Å². The lowest BCUT2D eigenvalue weighted by molar-refractivity contribution is 0.296. The van der Waals surface area contributed by atoms with Gasteiger partial charge in [-0.25, -0.2) is 0 Å². The predicted molar refractivity (Wildman–Crippen MR) is 81.7 cm³/mol. The number of para-hydroxylation sites is 1. The Morgan fingerprint density at radius 3 is 2.53 bits per heavy atom. The topological polar surface area (TPSA) is 24.5 Å². The van der Waals surface area contributed by atoms with Crippen molar-refractivity contribution in [1.29, 1.82) is 0 Å². The van der Waals surface area contributed by atoms with E-state index in [-0.39, 0.29) is 0 Å². The summed E-state index contributed by atoms with van der Waals surface area (Å²) in [6.45, 7) is 9.93. The summed E-state index contributed by atoms with van der Waals surface area (Å²) in [4.78, 5) is 2.47. The van der Waals surface area contributed by atoms with Crippen LogP contribution in [0.1, 0.15) is 32.3 Å². The maximum atomic E-state index is 5.34. The standard InChI is InChI=1S/C16H28N2O/c1-4-18(5-2)13-9-8-12-17-14-15-10-6-7-11-16(15)19-3/h6-7,10-11,17H,4-5,8-9,12-14H2,1-3H3. The fourth-order valence-corrected chi connectivity index (χ4v) is 2.20. The van der Waals surface area contributed by atoms with Crippen molar-refractivity contribution in [2.24, 2.45) is 0 Å². The zero-order chi connectivity index (χ0) is 13.9. The first-order valence-corrected chi connectivity index (χ1v) is 7.36. The van der Waals surface area contributed by atoms with Crippen molar-refractivity contribution in [2.45, 2.75) is 33.2 Å². The highest BCUT2D eigenvalue weighted by Crippen LogP contribution is 2.16. The number of benzene rings is 1. The number of unbranched alkanes of at least 4 members (excludes halogenated alkanes) is 1. The molecule has 0 atom stereocenters. The number of hydrogen-bond acceptors (Lipinski definition) is 3. The molecule has 0 radical (unpaired) electrons. The van der Waals surface area contributed by atoms with Crippen molar-refractivity contribution in [1.82, 2.24) is 10.2 Å². The molecule has 1 aromatic carbocycles. The largest absolute Gasteiger partial charge is 0.496 e. The quantitative estimate of drug-likeness (QED) is 0.658. The maximum absolute atomic E-state index is 5.34. The van der Waals surface area contributed by atoms with Gasteiger partial charge in [0.2, 0.25) is 0 Å². The highest BCUT2D eigenvalue weighted by Gasteiger charge is 2.01. The molecule has 0 aliphatic rings. The number of nitrogens with zero attached hydrogens (tertiary/aromatic N) is 1. The Bertz CT molecular complexity index is 337. The normalized spacial score (nSPS) is 10.9. The molecule has 0 saturated carbocycles. The van der Waals surface area contributed by atoms with Gasteiger partial charge < -0.3 is 15.0 Å². The van der Waals surface area contributed by atoms with Gasteiger partial charge in [0.25, 0.3) is 0 Å². The minimum Gasteiger partial charge on any atom is -0.496 e. The molecule has 19 heavy (non-hydrogen) atoms. The molecule has 0 bridgehead atoms. The third-order valence-corrected chi connectivity index (χ3v) is 3.48. The first-order valence-electron chi connectivity index (χ1n) is 7.36.